The Bertz CT molecular complexity index is 775. The first-order valence-corrected chi connectivity index (χ1v) is 5.93. The molecule has 0 unspecified atom stereocenters. The minimum Gasteiger partial charge on any atom is -0.337 e. The fourth-order valence-electron chi connectivity index (χ4n) is 1.98. The van der Waals surface area contributed by atoms with Crippen LogP contribution in [-0.2, 0) is 6.18 Å². The van der Waals surface area contributed by atoms with Crippen LogP contribution in [0.4, 0.5) is 13.2 Å². The summed E-state index contributed by atoms with van der Waals surface area (Å²) in [6.45, 7) is 1.89. The topological polar surface area (TPSA) is 41.6 Å². The van der Waals surface area contributed by atoms with Crippen LogP contribution < -0.4 is 0 Å². The molecule has 0 fully saturated rings. The van der Waals surface area contributed by atoms with Crippen LogP contribution in [0.3, 0.4) is 0 Å². The van der Waals surface area contributed by atoms with E-state index in [0.29, 0.717) is 22.6 Å². The Morgan fingerprint density at radius 1 is 1.15 bits per heavy atom. The van der Waals surface area contributed by atoms with Crippen molar-refractivity contribution in [2.24, 2.45) is 0 Å². The Balaban J connectivity index is 2.11. The lowest BCUT2D eigenvalue weighted by Crippen LogP contribution is -2.04. The molecule has 0 aliphatic carbocycles. The van der Waals surface area contributed by atoms with E-state index in [2.05, 4.69) is 15.0 Å². The predicted octanol–water partition coefficient (Wildman–Crippen LogP) is 3.95. The first kappa shape index (κ1) is 12.7. The summed E-state index contributed by atoms with van der Waals surface area (Å²) in [6, 6.07) is 6.91. The number of alkyl halides is 3. The van der Waals surface area contributed by atoms with E-state index in [1.807, 2.05) is 13.0 Å². The van der Waals surface area contributed by atoms with E-state index >= 15 is 0 Å². The highest BCUT2D eigenvalue weighted by Gasteiger charge is 2.30. The molecule has 0 amide bonds. The number of nitrogens with one attached hydrogen (secondary N) is 1. The second-order valence-corrected chi connectivity index (χ2v) is 4.55. The maximum absolute atomic E-state index is 12.7. The van der Waals surface area contributed by atoms with E-state index in [1.165, 1.54) is 6.07 Å². The fourth-order valence-corrected chi connectivity index (χ4v) is 1.98. The molecule has 102 valence electrons. The number of aromatic nitrogens is 3. The zero-order valence-corrected chi connectivity index (χ0v) is 10.5. The molecule has 0 spiro atoms. The van der Waals surface area contributed by atoms with Crippen LogP contribution in [0.1, 0.15) is 11.1 Å². The van der Waals surface area contributed by atoms with Gasteiger partial charge in [0.2, 0.25) is 0 Å². The van der Waals surface area contributed by atoms with Gasteiger partial charge in [-0.2, -0.15) is 13.2 Å². The molecule has 0 radical (unpaired) electrons. The van der Waals surface area contributed by atoms with Gasteiger partial charge < -0.3 is 4.98 Å². The van der Waals surface area contributed by atoms with Crippen molar-refractivity contribution in [3.63, 3.8) is 0 Å². The summed E-state index contributed by atoms with van der Waals surface area (Å²) in [7, 11) is 0. The first-order chi connectivity index (χ1) is 9.43. The number of rotatable bonds is 1. The molecule has 0 aliphatic rings. The molecule has 0 saturated carbocycles. The van der Waals surface area contributed by atoms with Crippen LogP contribution in [0.15, 0.2) is 36.5 Å². The Morgan fingerprint density at radius 3 is 2.70 bits per heavy atom. The molecular formula is C14H10F3N3. The largest absolute Gasteiger partial charge is 0.416 e. The highest BCUT2D eigenvalue weighted by molar-refractivity contribution is 5.76. The van der Waals surface area contributed by atoms with Gasteiger partial charge in [-0.1, -0.05) is 12.1 Å². The standard InChI is InChI=1S/C14H10F3N3/c1-8-5-11-13(18-7-8)20-12(19-11)9-3-2-4-10(6-9)14(15,16)17/h2-7H,1H3,(H,18,19,20). The third kappa shape index (κ3) is 2.24. The van der Waals surface area contributed by atoms with Crippen molar-refractivity contribution in [1.29, 1.82) is 0 Å². The summed E-state index contributed by atoms with van der Waals surface area (Å²) in [5.41, 5.74) is 1.84. The number of fused-ring (bicyclic) bond motifs is 1. The smallest absolute Gasteiger partial charge is 0.337 e. The minimum absolute atomic E-state index is 0.379. The average molecular weight is 277 g/mol. The zero-order valence-electron chi connectivity index (χ0n) is 10.5. The van der Waals surface area contributed by atoms with Crippen molar-refractivity contribution in [2.45, 2.75) is 13.1 Å². The highest BCUT2D eigenvalue weighted by Crippen LogP contribution is 2.31. The van der Waals surface area contributed by atoms with E-state index in [4.69, 9.17) is 0 Å². The van der Waals surface area contributed by atoms with Gasteiger partial charge >= 0.3 is 6.18 Å². The molecule has 0 bridgehead atoms. The summed E-state index contributed by atoms with van der Waals surface area (Å²) in [5, 5.41) is 0. The van der Waals surface area contributed by atoms with E-state index in [0.717, 1.165) is 17.7 Å². The van der Waals surface area contributed by atoms with Crippen molar-refractivity contribution in [2.75, 3.05) is 0 Å². The van der Waals surface area contributed by atoms with Gasteiger partial charge in [-0.15, -0.1) is 0 Å². The van der Waals surface area contributed by atoms with Gasteiger partial charge in [-0.05, 0) is 30.7 Å². The Morgan fingerprint density at radius 2 is 1.95 bits per heavy atom. The number of hydrogen-bond donors (Lipinski definition) is 1. The third-order valence-corrected chi connectivity index (χ3v) is 2.94. The second kappa shape index (κ2) is 4.33. The summed E-state index contributed by atoms with van der Waals surface area (Å²) in [6.07, 6.45) is -2.70. The number of pyridine rings is 1. The molecule has 0 saturated heterocycles. The predicted molar refractivity (Wildman–Crippen MR) is 69.1 cm³/mol. The summed E-state index contributed by atoms with van der Waals surface area (Å²) < 4.78 is 38.1. The van der Waals surface area contributed by atoms with Gasteiger partial charge in [-0.3, -0.25) is 0 Å². The van der Waals surface area contributed by atoms with Crippen molar-refractivity contribution >= 4 is 11.2 Å². The molecule has 0 aliphatic heterocycles. The van der Waals surface area contributed by atoms with Crippen LogP contribution in [-0.4, -0.2) is 15.0 Å². The van der Waals surface area contributed by atoms with Gasteiger partial charge in [0, 0.05) is 11.8 Å². The number of benzene rings is 1. The number of halogens is 3. The molecule has 2 aromatic heterocycles. The van der Waals surface area contributed by atoms with E-state index in [-0.39, 0.29) is 0 Å². The summed E-state index contributed by atoms with van der Waals surface area (Å²) in [5.74, 6) is 0.379. The maximum Gasteiger partial charge on any atom is 0.416 e. The summed E-state index contributed by atoms with van der Waals surface area (Å²) in [4.78, 5) is 11.3. The Hall–Kier alpha value is -2.37. The fraction of sp³-hybridized carbons (Fsp3) is 0.143. The lowest BCUT2D eigenvalue weighted by atomic mass is 10.1. The molecule has 3 rings (SSSR count). The lowest BCUT2D eigenvalue weighted by molar-refractivity contribution is -0.137. The Kier molecular flexibility index (Phi) is 2.74. The lowest BCUT2D eigenvalue weighted by Gasteiger charge is -2.07. The highest BCUT2D eigenvalue weighted by atomic mass is 19.4. The molecule has 3 nitrogen and oxygen atoms in total. The maximum atomic E-state index is 12.7. The molecule has 2 heterocycles. The van der Waals surface area contributed by atoms with Crippen LogP contribution in [0.25, 0.3) is 22.6 Å². The van der Waals surface area contributed by atoms with E-state index < -0.39 is 11.7 Å². The molecular weight excluding hydrogens is 267 g/mol. The number of imidazole rings is 1. The molecule has 6 heteroatoms. The molecule has 1 aromatic carbocycles. The Labute approximate surface area is 112 Å². The van der Waals surface area contributed by atoms with Gasteiger partial charge in [0.25, 0.3) is 0 Å². The van der Waals surface area contributed by atoms with Crippen LogP contribution in [0, 0.1) is 6.92 Å². The number of aryl methyl sites for hydroxylation is 1. The third-order valence-electron chi connectivity index (χ3n) is 2.94. The van der Waals surface area contributed by atoms with Crippen molar-refractivity contribution in [3.8, 4) is 11.4 Å². The zero-order chi connectivity index (χ0) is 14.3. The van der Waals surface area contributed by atoms with Crippen molar-refractivity contribution in [3.05, 3.63) is 47.7 Å². The minimum atomic E-state index is -4.36. The number of H-pyrrole nitrogens is 1. The normalized spacial score (nSPS) is 12.0. The second-order valence-electron chi connectivity index (χ2n) is 4.55. The summed E-state index contributed by atoms with van der Waals surface area (Å²) >= 11 is 0. The van der Waals surface area contributed by atoms with E-state index in [9.17, 15) is 13.2 Å². The van der Waals surface area contributed by atoms with Gasteiger partial charge in [0.1, 0.15) is 5.82 Å². The molecule has 0 atom stereocenters. The van der Waals surface area contributed by atoms with Crippen LogP contribution >= 0.6 is 0 Å². The molecule has 20 heavy (non-hydrogen) atoms. The van der Waals surface area contributed by atoms with Gasteiger partial charge in [0.15, 0.2) is 5.65 Å². The number of hydrogen-bond acceptors (Lipinski definition) is 2. The number of aromatic amines is 1. The van der Waals surface area contributed by atoms with Crippen LogP contribution in [0.5, 0.6) is 0 Å². The van der Waals surface area contributed by atoms with Crippen LogP contribution in [0.2, 0.25) is 0 Å². The first-order valence-electron chi connectivity index (χ1n) is 5.93. The SMILES string of the molecule is Cc1cnc2nc(-c3cccc(C(F)(F)F)c3)[nH]c2c1. The van der Waals surface area contributed by atoms with Crippen molar-refractivity contribution < 1.29 is 13.2 Å². The van der Waals surface area contributed by atoms with Crippen molar-refractivity contribution in [1.82, 2.24) is 15.0 Å². The van der Waals surface area contributed by atoms with Gasteiger partial charge in [-0.25, -0.2) is 9.97 Å². The molecule has 3 aromatic rings. The monoisotopic (exact) mass is 277 g/mol. The van der Waals surface area contributed by atoms with Gasteiger partial charge in [0.05, 0.1) is 11.1 Å². The molecule has 1 N–H and O–H groups in total. The average Bonchev–Trinajstić information content (AvgIpc) is 2.81. The van der Waals surface area contributed by atoms with E-state index in [1.54, 1.807) is 12.3 Å². The quantitative estimate of drug-likeness (QED) is 0.731. The number of nitrogens with zero attached hydrogens (tertiary/aromatic N) is 2.